The van der Waals surface area contributed by atoms with Crippen LogP contribution in [0.5, 0.6) is 0 Å². The highest BCUT2D eigenvalue weighted by Crippen LogP contribution is 2.36. The Morgan fingerprint density at radius 1 is 1.33 bits per heavy atom. The Morgan fingerprint density at radius 3 is 2.38 bits per heavy atom. The fourth-order valence-electron chi connectivity index (χ4n) is 2.03. The lowest BCUT2D eigenvalue weighted by Gasteiger charge is -2.19. The second-order valence-corrected chi connectivity index (χ2v) is 7.28. The molecule has 0 spiro atoms. The Balaban J connectivity index is 2.34. The molecule has 2 N–H and O–H groups in total. The summed E-state index contributed by atoms with van der Waals surface area (Å²) in [6, 6.07) is 2.79. The zero-order valence-corrected chi connectivity index (χ0v) is 12.8. The van der Waals surface area contributed by atoms with E-state index in [4.69, 9.17) is 5.14 Å². The van der Waals surface area contributed by atoms with E-state index in [2.05, 4.69) is 15.9 Å². The third-order valence-electron chi connectivity index (χ3n) is 3.12. The van der Waals surface area contributed by atoms with E-state index in [1.54, 1.807) is 0 Å². The highest BCUT2D eigenvalue weighted by Gasteiger charge is 2.38. The zero-order chi connectivity index (χ0) is 16.0. The lowest BCUT2D eigenvalue weighted by Crippen LogP contribution is -2.32. The second-order valence-electron chi connectivity index (χ2n) is 4.58. The number of sulfonamides is 1. The normalized spacial score (nSPS) is 20.1. The van der Waals surface area contributed by atoms with Gasteiger partial charge < -0.3 is 4.90 Å². The number of carbonyl (C=O) groups is 1. The molecule has 0 aliphatic carbocycles. The van der Waals surface area contributed by atoms with Gasteiger partial charge in [0.05, 0.1) is 11.3 Å². The van der Waals surface area contributed by atoms with Crippen LogP contribution in [0.1, 0.15) is 12.0 Å². The van der Waals surface area contributed by atoms with Crippen LogP contribution in [-0.2, 0) is 21.0 Å². The summed E-state index contributed by atoms with van der Waals surface area (Å²) in [6.45, 7) is -0.179. The van der Waals surface area contributed by atoms with Crippen LogP contribution in [0, 0.1) is 0 Å². The Bertz CT molecular complexity index is 690. The number of hydrogen-bond acceptors (Lipinski definition) is 3. The van der Waals surface area contributed by atoms with Crippen LogP contribution in [0.4, 0.5) is 18.9 Å². The van der Waals surface area contributed by atoms with Gasteiger partial charge in [-0.05, 0) is 34.1 Å². The van der Waals surface area contributed by atoms with Gasteiger partial charge >= 0.3 is 6.18 Å². The number of anilines is 1. The molecule has 0 saturated carbocycles. The molecular weight excluding hydrogens is 377 g/mol. The fraction of sp³-hybridized carbons (Fsp3) is 0.364. The quantitative estimate of drug-likeness (QED) is 0.842. The van der Waals surface area contributed by atoms with Gasteiger partial charge in [0.15, 0.2) is 0 Å². The number of primary sulfonamides is 1. The monoisotopic (exact) mass is 386 g/mol. The SMILES string of the molecule is NS(=O)(=O)C1CC(=O)N(c2ccc(C(F)(F)F)cc2Br)C1. The minimum absolute atomic E-state index is 0.0562. The summed E-state index contributed by atoms with van der Waals surface area (Å²) in [4.78, 5) is 12.9. The predicted octanol–water partition coefficient (Wildman–Crippen LogP) is 1.86. The second kappa shape index (κ2) is 5.25. The van der Waals surface area contributed by atoms with Crippen LogP contribution >= 0.6 is 15.9 Å². The summed E-state index contributed by atoms with van der Waals surface area (Å²) < 4.78 is 60.3. The molecule has 5 nitrogen and oxygen atoms in total. The summed E-state index contributed by atoms with van der Waals surface area (Å²) in [5, 5.41) is 3.94. The molecule has 1 heterocycles. The number of nitrogens with zero attached hydrogens (tertiary/aromatic N) is 1. The maximum Gasteiger partial charge on any atom is 0.416 e. The van der Waals surface area contributed by atoms with Gasteiger partial charge in [-0.1, -0.05) is 0 Å². The number of halogens is 4. The largest absolute Gasteiger partial charge is 0.416 e. The van der Waals surface area contributed by atoms with E-state index in [-0.39, 0.29) is 23.1 Å². The molecule has 1 fully saturated rings. The smallest absolute Gasteiger partial charge is 0.310 e. The van der Waals surface area contributed by atoms with Crippen molar-refractivity contribution in [2.45, 2.75) is 17.8 Å². The molecule has 0 radical (unpaired) electrons. The minimum Gasteiger partial charge on any atom is -0.310 e. The van der Waals surface area contributed by atoms with Crippen LogP contribution < -0.4 is 10.0 Å². The molecule has 1 amide bonds. The lowest BCUT2D eigenvalue weighted by molar-refractivity contribution is -0.137. The van der Waals surface area contributed by atoms with E-state index in [0.717, 1.165) is 23.1 Å². The summed E-state index contributed by atoms with van der Waals surface area (Å²) in [6.07, 6.45) is -4.79. The van der Waals surface area contributed by atoms with Gasteiger partial charge in [0, 0.05) is 17.4 Å². The van der Waals surface area contributed by atoms with Gasteiger partial charge in [-0.15, -0.1) is 0 Å². The summed E-state index contributed by atoms with van der Waals surface area (Å²) in [5.74, 6) is -0.505. The third kappa shape index (κ3) is 3.38. The Labute approximate surface area is 127 Å². The first-order chi connectivity index (χ1) is 9.50. The minimum atomic E-state index is -4.50. The topological polar surface area (TPSA) is 80.5 Å². The van der Waals surface area contributed by atoms with Crippen LogP contribution in [0.25, 0.3) is 0 Å². The highest BCUT2D eigenvalue weighted by molar-refractivity contribution is 9.10. The van der Waals surface area contributed by atoms with Crippen molar-refractivity contribution >= 4 is 37.5 Å². The first-order valence-corrected chi connectivity index (χ1v) is 8.09. The predicted molar refractivity (Wildman–Crippen MR) is 73.0 cm³/mol. The number of nitrogens with two attached hydrogens (primary N) is 1. The maximum atomic E-state index is 12.6. The average Bonchev–Trinajstić information content (AvgIpc) is 2.70. The molecule has 0 aromatic heterocycles. The van der Waals surface area contributed by atoms with Crippen molar-refractivity contribution < 1.29 is 26.4 Å². The van der Waals surface area contributed by atoms with Crippen molar-refractivity contribution in [1.29, 1.82) is 0 Å². The lowest BCUT2D eigenvalue weighted by atomic mass is 10.2. The molecule has 1 saturated heterocycles. The van der Waals surface area contributed by atoms with Crippen molar-refractivity contribution in [2.75, 3.05) is 11.4 Å². The van der Waals surface area contributed by atoms with E-state index in [1.807, 2.05) is 0 Å². The Morgan fingerprint density at radius 2 is 1.95 bits per heavy atom. The van der Waals surface area contributed by atoms with Gasteiger partial charge in [0.25, 0.3) is 0 Å². The molecule has 1 aromatic carbocycles. The first kappa shape index (κ1) is 16.2. The van der Waals surface area contributed by atoms with Crippen molar-refractivity contribution in [3.63, 3.8) is 0 Å². The Hall–Kier alpha value is -1.13. The van der Waals surface area contributed by atoms with Crippen LogP contribution in [0.15, 0.2) is 22.7 Å². The fourth-order valence-corrected chi connectivity index (χ4v) is 3.35. The molecule has 1 aliphatic heterocycles. The molecular formula is C11H10BrF3N2O3S. The van der Waals surface area contributed by atoms with Gasteiger partial charge in [-0.3, -0.25) is 4.79 Å². The molecule has 1 aromatic rings. The van der Waals surface area contributed by atoms with Crippen molar-refractivity contribution in [2.24, 2.45) is 5.14 Å². The number of benzene rings is 1. The number of alkyl halides is 3. The average molecular weight is 387 g/mol. The van der Waals surface area contributed by atoms with Gasteiger partial charge in [0.2, 0.25) is 15.9 Å². The van der Waals surface area contributed by atoms with Crippen molar-refractivity contribution in [3.8, 4) is 0 Å². The third-order valence-corrected chi connectivity index (χ3v) is 5.00. The van der Waals surface area contributed by atoms with Crippen molar-refractivity contribution in [1.82, 2.24) is 0 Å². The van der Waals surface area contributed by atoms with E-state index in [9.17, 15) is 26.4 Å². The number of carbonyl (C=O) groups excluding carboxylic acids is 1. The number of rotatable bonds is 2. The van der Waals surface area contributed by atoms with Gasteiger partial charge in [-0.2, -0.15) is 13.2 Å². The van der Waals surface area contributed by atoms with Gasteiger partial charge in [-0.25, -0.2) is 13.6 Å². The zero-order valence-electron chi connectivity index (χ0n) is 10.4. The summed E-state index contributed by atoms with van der Waals surface area (Å²) in [7, 11) is -3.88. The molecule has 2 rings (SSSR count). The molecule has 1 atom stereocenters. The van der Waals surface area contributed by atoms with E-state index in [0.29, 0.717) is 0 Å². The molecule has 116 valence electrons. The summed E-state index contributed by atoms with van der Waals surface area (Å²) in [5.41, 5.74) is -0.688. The maximum absolute atomic E-state index is 12.6. The first-order valence-electron chi connectivity index (χ1n) is 5.69. The molecule has 0 bridgehead atoms. The highest BCUT2D eigenvalue weighted by atomic mass is 79.9. The van der Waals surface area contributed by atoms with E-state index >= 15 is 0 Å². The van der Waals surface area contributed by atoms with Gasteiger partial charge in [0.1, 0.15) is 5.25 Å². The van der Waals surface area contributed by atoms with Crippen molar-refractivity contribution in [3.05, 3.63) is 28.2 Å². The molecule has 10 heteroatoms. The van der Waals surface area contributed by atoms with E-state index in [1.165, 1.54) is 0 Å². The molecule has 1 aliphatic rings. The van der Waals surface area contributed by atoms with Crippen LogP contribution in [0.2, 0.25) is 0 Å². The summed E-state index contributed by atoms with van der Waals surface area (Å²) >= 11 is 2.97. The number of hydrogen-bond donors (Lipinski definition) is 1. The molecule has 21 heavy (non-hydrogen) atoms. The van der Waals surface area contributed by atoms with E-state index < -0.39 is 32.9 Å². The Kier molecular flexibility index (Phi) is 4.06. The molecule has 1 unspecified atom stereocenters. The van der Waals surface area contributed by atoms with Crippen LogP contribution in [-0.4, -0.2) is 26.1 Å². The number of amides is 1. The van der Waals surface area contributed by atoms with Crippen LogP contribution in [0.3, 0.4) is 0 Å². The standard InChI is InChI=1S/C11H10BrF3N2O3S/c12-8-3-6(11(13,14)15)1-2-9(8)17-5-7(4-10(17)18)21(16,19)20/h1-3,7H,4-5H2,(H2,16,19,20).